The molecule has 0 bridgehead atoms. The SMILES string of the molecule is N=C(N)c1ccnnc1N1CCCC1CCO. The van der Waals surface area contributed by atoms with Gasteiger partial charge in [0.1, 0.15) is 5.84 Å². The molecule has 0 radical (unpaired) electrons. The first-order chi connectivity index (χ1) is 8.24. The van der Waals surface area contributed by atoms with Crippen LogP contribution in [0.1, 0.15) is 24.8 Å². The number of amidine groups is 1. The average Bonchev–Trinajstić information content (AvgIpc) is 2.77. The fourth-order valence-corrected chi connectivity index (χ4v) is 2.31. The Bertz CT molecular complexity index is 409. The minimum absolute atomic E-state index is 0.00421. The molecule has 0 amide bonds. The largest absolute Gasteiger partial charge is 0.396 e. The first-order valence-corrected chi connectivity index (χ1v) is 5.77. The number of hydrogen-bond donors (Lipinski definition) is 3. The highest BCUT2D eigenvalue weighted by molar-refractivity contribution is 5.99. The van der Waals surface area contributed by atoms with Crippen LogP contribution in [0.15, 0.2) is 12.3 Å². The zero-order valence-electron chi connectivity index (χ0n) is 9.63. The highest BCUT2D eigenvalue weighted by atomic mass is 16.3. The third kappa shape index (κ3) is 2.36. The summed E-state index contributed by atoms with van der Waals surface area (Å²) in [5.74, 6) is 0.667. The van der Waals surface area contributed by atoms with Crippen LogP contribution in [0.4, 0.5) is 5.82 Å². The normalized spacial score (nSPS) is 19.6. The molecule has 1 saturated heterocycles. The van der Waals surface area contributed by atoms with E-state index in [1.54, 1.807) is 6.07 Å². The standard InChI is InChI=1S/C11H17N5O/c12-10(13)9-3-5-14-15-11(9)16-6-1-2-8(16)4-7-17/h3,5,8,17H,1-2,4,6-7H2,(H3,12,13). The van der Waals surface area contributed by atoms with E-state index in [4.69, 9.17) is 16.2 Å². The van der Waals surface area contributed by atoms with E-state index in [1.165, 1.54) is 6.20 Å². The van der Waals surface area contributed by atoms with Crippen molar-refractivity contribution < 1.29 is 5.11 Å². The van der Waals surface area contributed by atoms with E-state index in [2.05, 4.69) is 15.1 Å². The summed E-state index contributed by atoms with van der Waals surface area (Å²) in [7, 11) is 0. The molecule has 2 rings (SSSR count). The van der Waals surface area contributed by atoms with E-state index in [0.717, 1.165) is 19.4 Å². The van der Waals surface area contributed by atoms with Gasteiger partial charge in [-0.25, -0.2) is 0 Å². The van der Waals surface area contributed by atoms with Gasteiger partial charge >= 0.3 is 0 Å². The minimum atomic E-state index is 0.00421. The molecule has 1 aliphatic heterocycles. The molecule has 0 aliphatic carbocycles. The lowest BCUT2D eigenvalue weighted by atomic mass is 10.1. The number of aliphatic hydroxyl groups excluding tert-OH is 1. The maximum absolute atomic E-state index is 9.04. The molecule has 0 aromatic carbocycles. The number of rotatable bonds is 4. The number of nitrogens with two attached hydrogens (primary N) is 1. The van der Waals surface area contributed by atoms with Crippen LogP contribution in [0.25, 0.3) is 0 Å². The fraction of sp³-hybridized carbons (Fsp3) is 0.545. The molecule has 92 valence electrons. The summed E-state index contributed by atoms with van der Waals surface area (Å²) in [5.41, 5.74) is 6.16. The molecule has 1 aromatic heterocycles. The van der Waals surface area contributed by atoms with E-state index in [9.17, 15) is 0 Å². The van der Waals surface area contributed by atoms with E-state index in [1.807, 2.05) is 0 Å². The van der Waals surface area contributed by atoms with Crippen LogP contribution in [0.3, 0.4) is 0 Å². The van der Waals surface area contributed by atoms with Crippen molar-refractivity contribution in [1.29, 1.82) is 5.41 Å². The van der Waals surface area contributed by atoms with Crippen LogP contribution in [0, 0.1) is 5.41 Å². The molecule has 0 saturated carbocycles. The molecule has 6 heteroatoms. The molecular formula is C11H17N5O. The number of nitrogen functional groups attached to an aromatic ring is 1. The fourth-order valence-electron chi connectivity index (χ4n) is 2.31. The number of aliphatic hydroxyl groups is 1. The Hall–Kier alpha value is -1.69. The number of nitrogens with one attached hydrogen (secondary N) is 1. The Kier molecular flexibility index (Phi) is 3.53. The van der Waals surface area contributed by atoms with Crippen LogP contribution in [-0.2, 0) is 0 Å². The van der Waals surface area contributed by atoms with Gasteiger partial charge in [0.2, 0.25) is 0 Å². The Labute approximate surface area is 100.0 Å². The van der Waals surface area contributed by atoms with E-state index < -0.39 is 0 Å². The molecule has 1 aromatic rings. The van der Waals surface area contributed by atoms with Gasteiger partial charge < -0.3 is 15.7 Å². The van der Waals surface area contributed by atoms with Crippen molar-refractivity contribution >= 4 is 11.7 Å². The van der Waals surface area contributed by atoms with E-state index in [0.29, 0.717) is 17.8 Å². The average molecular weight is 235 g/mol. The topological polar surface area (TPSA) is 99.1 Å². The van der Waals surface area contributed by atoms with Gasteiger partial charge in [0, 0.05) is 19.2 Å². The molecule has 6 nitrogen and oxygen atoms in total. The Morgan fingerprint density at radius 3 is 3.18 bits per heavy atom. The summed E-state index contributed by atoms with van der Waals surface area (Å²) in [6, 6.07) is 1.98. The van der Waals surface area contributed by atoms with Gasteiger partial charge in [0.15, 0.2) is 5.82 Å². The molecule has 1 aliphatic rings. The second kappa shape index (κ2) is 5.09. The van der Waals surface area contributed by atoms with Crippen molar-refractivity contribution in [1.82, 2.24) is 10.2 Å². The molecule has 0 spiro atoms. The first kappa shape index (κ1) is 11.8. The lowest BCUT2D eigenvalue weighted by Gasteiger charge is -2.26. The van der Waals surface area contributed by atoms with Gasteiger partial charge in [-0.1, -0.05) is 0 Å². The number of aromatic nitrogens is 2. The Balaban J connectivity index is 2.29. The first-order valence-electron chi connectivity index (χ1n) is 5.77. The van der Waals surface area contributed by atoms with Gasteiger partial charge in [0.05, 0.1) is 11.8 Å². The highest BCUT2D eigenvalue weighted by Crippen LogP contribution is 2.27. The Morgan fingerprint density at radius 1 is 1.65 bits per heavy atom. The van der Waals surface area contributed by atoms with Crippen molar-refractivity contribution in [2.45, 2.75) is 25.3 Å². The lowest BCUT2D eigenvalue weighted by Crippen LogP contribution is -2.33. The summed E-state index contributed by atoms with van der Waals surface area (Å²) in [6.45, 7) is 1.04. The van der Waals surface area contributed by atoms with Crippen molar-refractivity contribution in [3.63, 3.8) is 0 Å². The summed E-state index contributed by atoms with van der Waals surface area (Å²) < 4.78 is 0. The van der Waals surface area contributed by atoms with Crippen LogP contribution >= 0.6 is 0 Å². The van der Waals surface area contributed by atoms with Crippen LogP contribution in [0.5, 0.6) is 0 Å². The zero-order chi connectivity index (χ0) is 12.3. The van der Waals surface area contributed by atoms with Crippen LogP contribution < -0.4 is 10.6 Å². The van der Waals surface area contributed by atoms with Gasteiger partial charge in [-0.15, -0.1) is 5.10 Å². The maximum Gasteiger partial charge on any atom is 0.162 e. The second-order valence-electron chi connectivity index (χ2n) is 4.18. The monoisotopic (exact) mass is 235 g/mol. The summed E-state index contributed by atoms with van der Waals surface area (Å²) in [6.07, 6.45) is 4.36. The van der Waals surface area contributed by atoms with Gasteiger partial charge in [-0.05, 0) is 25.3 Å². The smallest absolute Gasteiger partial charge is 0.162 e. The van der Waals surface area contributed by atoms with Crippen LogP contribution in [0.2, 0.25) is 0 Å². The number of hydrogen-bond acceptors (Lipinski definition) is 5. The van der Waals surface area contributed by atoms with E-state index in [-0.39, 0.29) is 18.5 Å². The predicted molar refractivity (Wildman–Crippen MR) is 65.1 cm³/mol. The number of anilines is 1. The molecular weight excluding hydrogens is 218 g/mol. The third-order valence-electron chi connectivity index (χ3n) is 3.10. The van der Waals surface area contributed by atoms with Gasteiger partial charge in [-0.2, -0.15) is 5.10 Å². The molecule has 1 unspecified atom stereocenters. The summed E-state index contributed by atoms with van der Waals surface area (Å²) >= 11 is 0. The molecule has 1 fully saturated rings. The van der Waals surface area contributed by atoms with Gasteiger partial charge in [0.25, 0.3) is 0 Å². The molecule has 1 atom stereocenters. The highest BCUT2D eigenvalue weighted by Gasteiger charge is 2.27. The number of nitrogens with zero attached hydrogens (tertiary/aromatic N) is 3. The summed E-state index contributed by atoms with van der Waals surface area (Å²) in [5, 5.41) is 24.5. The van der Waals surface area contributed by atoms with E-state index >= 15 is 0 Å². The Morgan fingerprint density at radius 2 is 2.47 bits per heavy atom. The van der Waals surface area contributed by atoms with Gasteiger partial charge in [-0.3, -0.25) is 5.41 Å². The molecule has 4 N–H and O–H groups in total. The maximum atomic E-state index is 9.04. The summed E-state index contributed by atoms with van der Waals surface area (Å²) in [4.78, 5) is 2.10. The van der Waals surface area contributed by atoms with Crippen molar-refractivity contribution in [3.05, 3.63) is 17.8 Å². The molecule has 2 heterocycles. The van der Waals surface area contributed by atoms with Crippen molar-refractivity contribution in [2.24, 2.45) is 5.73 Å². The molecule has 17 heavy (non-hydrogen) atoms. The second-order valence-corrected chi connectivity index (χ2v) is 4.18. The third-order valence-corrected chi connectivity index (χ3v) is 3.10. The minimum Gasteiger partial charge on any atom is -0.396 e. The zero-order valence-corrected chi connectivity index (χ0v) is 9.63. The lowest BCUT2D eigenvalue weighted by molar-refractivity contribution is 0.275. The van der Waals surface area contributed by atoms with Crippen molar-refractivity contribution in [2.75, 3.05) is 18.1 Å². The quantitative estimate of drug-likeness (QED) is 0.508. The van der Waals surface area contributed by atoms with Crippen LogP contribution in [-0.4, -0.2) is 40.3 Å². The predicted octanol–water partition coefficient (Wildman–Crippen LogP) is 0.112. The van der Waals surface area contributed by atoms with Crippen molar-refractivity contribution in [3.8, 4) is 0 Å².